The van der Waals surface area contributed by atoms with Crippen molar-refractivity contribution in [2.75, 3.05) is 6.54 Å². The monoisotopic (exact) mass is 277 g/mol. The molecule has 0 fully saturated rings. The molecular formula is C16H27N3O. The predicted octanol–water partition coefficient (Wildman–Crippen LogP) is 1.97. The summed E-state index contributed by atoms with van der Waals surface area (Å²) in [7, 11) is 0. The summed E-state index contributed by atoms with van der Waals surface area (Å²) in [5.41, 5.74) is 5.94. The lowest BCUT2D eigenvalue weighted by atomic mass is 10.00. The first-order valence-corrected chi connectivity index (χ1v) is 7.02. The van der Waals surface area contributed by atoms with E-state index in [9.17, 15) is 4.79 Å². The summed E-state index contributed by atoms with van der Waals surface area (Å²) < 4.78 is 0. The van der Waals surface area contributed by atoms with Crippen molar-refractivity contribution in [1.29, 1.82) is 0 Å². The zero-order valence-corrected chi connectivity index (χ0v) is 13.2. The van der Waals surface area contributed by atoms with Crippen molar-refractivity contribution in [3.63, 3.8) is 0 Å². The summed E-state index contributed by atoms with van der Waals surface area (Å²) in [6.45, 7) is 10.2. The number of carbonyl (C=O) groups excluding carboxylic acids is 1. The van der Waals surface area contributed by atoms with Crippen molar-refractivity contribution in [3.8, 4) is 0 Å². The van der Waals surface area contributed by atoms with Crippen LogP contribution in [0.2, 0.25) is 0 Å². The van der Waals surface area contributed by atoms with Crippen LogP contribution in [0.5, 0.6) is 0 Å². The summed E-state index contributed by atoms with van der Waals surface area (Å²) in [6.07, 6.45) is 0. The lowest BCUT2D eigenvalue weighted by Crippen LogP contribution is -2.55. The number of carbonyl (C=O) groups is 1. The van der Waals surface area contributed by atoms with Crippen LogP contribution in [0.3, 0.4) is 0 Å². The van der Waals surface area contributed by atoms with Gasteiger partial charge in [-0.05, 0) is 40.2 Å². The van der Waals surface area contributed by atoms with Crippen LogP contribution in [0.15, 0.2) is 30.3 Å². The number of amides is 1. The van der Waals surface area contributed by atoms with Gasteiger partial charge >= 0.3 is 0 Å². The Bertz CT molecular complexity index is 435. The van der Waals surface area contributed by atoms with Gasteiger partial charge in [-0.1, -0.05) is 30.3 Å². The summed E-state index contributed by atoms with van der Waals surface area (Å²) >= 11 is 0. The van der Waals surface area contributed by atoms with Gasteiger partial charge in [0.15, 0.2) is 0 Å². The van der Waals surface area contributed by atoms with Crippen molar-refractivity contribution < 1.29 is 4.79 Å². The molecule has 1 aromatic carbocycles. The highest BCUT2D eigenvalue weighted by atomic mass is 16.2. The van der Waals surface area contributed by atoms with Crippen LogP contribution in [0, 0.1) is 0 Å². The van der Waals surface area contributed by atoms with E-state index < -0.39 is 5.54 Å². The third-order valence-corrected chi connectivity index (χ3v) is 3.18. The number of hydrogen-bond acceptors (Lipinski definition) is 3. The molecule has 4 nitrogen and oxygen atoms in total. The Kier molecular flexibility index (Phi) is 5.31. The molecule has 0 spiro atoms. The second kappa shape index (κ2) is 6.37. The molecule has 0 saturated heterocycles. The zero-order valence-electron chi connectivity index (χ0n) is 13.2. The molecule has 0 aliphatic heterocycles. The van der Waals surface area contributed by atoms with Crippen LogP contribution in [0.25, 0.3) is 0 Å². The highest BCUT2D eigenvalue weighted by Crippen LogP contribution is 2.15. The Morgan fingerprint density at radius 1 is 1.20 bits per heavy atom. The first-order valence-electron chi connectivity index (χ1n) is 7.02. The average molecular weight is 277 g/mol. The lowest BCUT2D eigenvalue weighted by Gasteiger charge is -2.32. The molecule has 1 amide bonds. The molecular weight excluding hydrogens is 250 g/mol. The smallest absolute Gasteiger partial charge is 0.239 e. The molecule has 0 aliphatic rings. The van der Waals surface area contributed by atoms with E-state index in [4.69, 9.17) is 5.73 Å². The van der Waals surface area contributed by atoms with Gasteiger partial charge < -0.3 is 16.4 Å². The van der Waals surface area contributed by atoms with Crippen LogP contribution in [-0.2, 0) is 4.79 Å². The quantitative estimate of drug-likeness (QED) is 0.744. The van der Waals surface area contributed by atoms with E-state index in [1.165, 1.54) is 5.56 Å². The van der Waals surface area contributed by atoms with Gasteiger partial charge in [-0.3, -0.25) is 4.79 Å². The molecule has 112 valence electrons. The van der Waals surface area contributed by atoms with Gasteiger partial charge in [0.1, 0.15) is 0 Å². The minimum absolute atomic E-state index is 0.139. The molecule has 0 heterocycles. The van der Waals surface area contributed by atoms with E-state index >= 15 is 0 Å². The first-order chi connectivity index (χ1) is 9.12. The highest BCUT2D eigenvalue weighted by molar-refractivity contribution is 5.85. The molecule has 4 heteroatoms. The molecule has 1 unspecified atom stereocenters. The SMILES string of the molecule is CC(NC(C)(C)CNC(=O)C(C)(C)N)c1ccccc1. The third-order valence-electron chi connectivity index (χ3n) is 3.18. The lowest BCUT2D eigenvalue weighted by molar-refractivity contribution is -0.125. The Morgan fingerprint density at radius 3 is 2.25 bits per heavy atom. The maximum atomic E-state index is 11.8. The van der Waals surface area contributed by atoms with E-state index in [-0.39, 0.29) is 17.5 Å². The molecule has 1 rings (SSSR count). The number of nitrogens with two attached hydrogens (primary N) is 1. The van der Waals surface area contributed by atoms with Crippen LogP contribution in [0.1, 0.15) is 46.2 Å². The second-order valence-corrected chi connectivity index (χ2v) is 6.56. The van der Waals surface area contributed by atoms with E-state index in [2.05, 4.69) is 43.5 Å². The molecule has 0 saturated carbocycles. The minimum atomic E-state index is -0.846. The molecule has 0 bridgehead atoms. The van der Waals surface area contributed by atoms with Gasteiger partial charge in [-0.15, -0.1) is 0 Å². The van der Waals surface area contributed by atoms with Gasteiger partial charge in [-0.25, -0.2) is 0 Å². The summed E-state index contributed by atoms with van der Waals surface area (Å²) in [6, 6.07) is 10.5. The van der Waals surface area contributed by atoms with Gasteiger partial charge in [0, 0.05) is 18.1 Å². The van der Waals surface area contributed by atoms with Crippen LogP contribution >= 0.6 is 0 Å². The largest absolute Gasteiger partial charge is 0.353 e. The Morgan fingerprint density at radius 2 is 1.75 bits per heavy atom. The average Bonchev–Trinajstić information content (AvgIpc) is 2.35. The zero-order chi connectivity index (χ0) is 15.4. The van der Waals surface area contributed by atoms with Crippen LogP contribution < -0.4 is 16.4 Å². The number of hydrogen-bond donors (Lipinski definition) is 3. The van der Waals surface area contributed by atoms with E-state index in [1.807, 2.05) is 18.2 Å². The summed E-state index contributed by atoms with van der Waals surface area (Å²) in [5.74, 6) is -0.139. The van der Waals surface area contributed by atoms with Gasteiger partial charge in [0.2, 0.25) is 5.91 Å². The van der Waals surface area contributed by atoms with Crippen molar-refractivity contribution in [2.45, 2.75) is 51.7 Å². The van der Waals surface area contributed by atoms with E-state index in [0.717, 1.165) is 0 Å². The van der Waals surface area contributed by atoms with Crippen molar-refractivity contribution >= 4 is 5.91 Å². The topological polar surface area (TPSA) is 67.1 Å². The first kappa shape index (κ1) is 16.7. The van der Waals surface area contributed by atoms with Crippen molar-refractivity contribution in [3.05, 3.63) is 35.9 Å². The Labute approximate surface area is 122 Å². The normalized spacial score (nSPS) is 13.9. The maximum absolute atomic E-state index is 11.8. The van der Waals surface area contributed by atoms with Gasteiger partial charge in [-0.2, -0.15) is 0 Å². The number of rotatable bonds is 6. The highest BCUT2D eigenvalue weighted by Gasteiger charge is 2.26. The summed E-state index contributed by atoms with van der Waals surface area (Å²) in [5, 5.41) is 6.42. The number of benzene rings is 1. The molecule has 1 atom stereocenters. The minimum Gasteiger partial charge on any atom is -0.353 e. The van der Waals surface area contributed by atoms with Gasteiger partial charge in [0.25, 0.3) is 0 Å². The molecule has 0 radical (unpaired) electrons. The van der Waals surface area contributed by atoms with Crippen molar-refractivity contribution in [2.24, 2.45) is 5.73 Å². The molecule has 20 heavy (non-hydrogen) atoms. The fourth-order valence-corrected chi connectivity index (χ4v) is 1.99. The van der Waals surface area contributed by atoms with Crippen molar-refractivity contribution in [1.82, 2.24) is 10.6 Å². The Hall–Kier alpha value is -1.39. The van der Waals surface area contributed by atoms with E-state index in [0.29, 0.717) is 6.54 Å². The Balaban J connectivity index is 2.55. The predicted molar refractivity (Wildman–Crippen MR) is 83.3 cm³/mol. The molecule has 4 N–H and O–H groups in total. The fourth-order valence-electron chi connectivity index (χ4n) is 1.99. The fraction of sp³-hybridized carbons (Fsp3) is 0.562. The third kappa shape index (κ3) is 5.31. The van der Waals surface area contributed by atoms with Crippen LogP contribution in [-0.4, -0.2) is 23.5 Å². The van der Waals surface area contributed by atoms with E-state index in [1.54, 1.807) is 13.8 Å². The molecule has 1 aromatic rings. The van der Waals surface area contributed by atoms with Crippen LogP contribution in [0.4, 0.5) is 0 Å². The second-order valence-electron chi connectivity index (χ2n) is 6.56. The van der Waals surface area contributed by atoms with Gasteiger partial charge in [0.05, 0.1) is 5.54 Å². The maximum Gasteiger partial charge on any atom is 0.239 e. The summed E-state index contributed by atoms with van der Waals surface area (Å²) in [4.78, 5) is 11.8. The molecule has 0 aliphatic carbocycles. The number of nitrogens with one attached hydrogen (secondary N) is 2. The standard InChI is InChI=1S/C16H27N3O/c1-12(13-9-7-6-8-10-13)19-15(2,3)11-18-14(20)16(4,5)17/h6-10,12,19H,11,17H2,1-5H3,(H,18,20). The molecule has 0 aromatic heterocycles.